The predicted molar refractivity (Wildman–Crippen MR) is 125 cm³/mol. The summed E-state index contributed by atoms with van der Waals surface area (Å²) in [5, 5.41) is 0.672. The Morgan fingerprint density at radius 1 is 1.03 bits per heavy atom. The number of hydrogen-bond acceptors (Lipinski definition) is 5. The maximum Gasteiger partial charge on any atom is 0.267 e. The van der Waals surface area contributed by atoms with Gasteiger partial charge in [-0.25, -0.2) is 4.99 Å². The van der Waals surface area contributed by atoms with E-state index in [4.69, 9.17) is 4.99 Å². The molecule has 1 amide bonds. The highest BCUT2D eigenvalue weighted by Crippen LogP contribution is 2.35. The second-order valence-corrected chi connectivity index (χ2v) is 8.09. The van der Waals surface area contributed by atoms with E-state index >= 15 is 0 Å². The van der Waals surface area contributed by atoms with E-state index in [0.717, 1.165) is 22.5 Å². The first kappa shape index (κ1) is 19.9. The van der Waals surface area contributed by atoms with E-state index in [1.807, 2.05) is 91.8 Å². The lowest BCUT2D eigenvalue weighted by Gasteiger charge is -2.15. The number of para-hydroxylation sites is 1. The fourth-order valence-electron chi connectivity index (χ4n) is 3.04. The minimum absolute atomic E-state index is 0.0461. The maximum absolute atomic E-state index is 13.2. The number of hydrogen-bond donors (Lipinski definition) is 0. The van der Waals surface area contributed by atoms with Gasteiger partial charge in [-0.2, -0.15) is 0 Å². The van der Waals surface area contributed by atoms with Gasteiger partial charge in [-0.05, 0) is 59.3 Å². The SMILES string of the molecule is CN(C)c1ccc(/C=C2\SC(=Nc3ccccc3)N(Cc3cccnc3)C2=O)cc1. The molecule has 150 valence electrons. The van der Waals surface area contributed by atoms with Crippen molar-refractivity contribution in [2.45, 2.75) is 6.54 Å². The molecule has 4 rings (SSSR count). The molecule has 0 N–H and O–H groups in total. The first-order valence-corrected chi connectivity index (χ1v) is 10.4. The van der Waals surface area contributed by atoms with Crippen LogP contribution in [-0.4, -0.2) is 35.1 Å². The zero-order valence-electron chi connectivity index (χ0n) is 16.9. The van der Waals surface area contributed by atoms with E-state index < -0.39 is 0 Å². The third-order valence-corrected chi connectivity index (χ3v) is 5.65. The summed E-state index contributed by atoms with van der Waals surface area (Å²) in [4.78, 5) is 26.5. The number of amides is 1. The fraction of sp³-hybridized carbons (Fsp3) is 0.125. The zero-order valence-corrected chi connectivity index (χ0v) is 17.7. The number of pyridine rings is 1. The summed E-state index contributed by atoms with van der Waals surface area (Å²) in [7, 11) is 4.01. The number of thioether (sulfide) groups is 1. The molecule has 1 fully saturated rings. The van der Waals surface area contributed by atoms with Crippen molar-refractivity contribution in [1.29, 1.82) is 0 Å². The predicted octanol–water partition coefficient (Wildman–Crippen LogP) is 4.95. The van der Waals surface area contributed by atoms with Crippen molar-refractivity contribution in [3.63, 3.8) is 0 Å². The van der Waals surface area contributed by atoms with Gasteiger partial charge in [-0.3, -0.25) is 14.7 Å². The highest BCUT2D eigenvalue weighted by atomic mass is 32.2. The average Bonchev–Trinajstić information content (AvgIpc) is 3.04. The molecule has 6 heteroatoms. The van der Waals surface area contributed by atoms with Crippen LogP contribution < -0.4 is 4.90 Å². The van der Waals surface area contributed by atoms with E-state index in [1.54, 1.807) is 17.3 Å². The van der Waals surface area contributed by atoms with Gasteiger partial charge in [0.2, 0.25) is 0 Å². The van der Waals surface area contributed by atoms with Crippen molar-refractivity contribution in [1.82, 2.24) is 9.88 Å². The summed E-state index contributed by atoms with van der Waals surface area (Å²) < 4.78 is 0. The van der Waals surface area contributed by atoms with E-state index in [2.05, 4.69) is 4.98 Å². The fourth-order valence-corrected chi connectivity index (χ4v) is 4.04. The quantitative estimate of drug-likeness (QED) is 0.554. The number of anilines is 1. The number of carbonyl (C=O) groups is 1. The standard InChI is InChI=1S/C24H22N4OS/c1-27(2)21-12-10-18(11-13-21)15-22-23(29)28(17-19-7-6-14-25-16-19)24(30-22)26-20-8-4-3-5-9-20/h3-16H,17H2,1-2H3/b22-15-,26-24?. The molecule has 1 saturated heterocycles. The van der Waals surface area contributed by atoms with Gasteiger partial charge in [-0.15, -0.1) is 0 Å². The second-order valence-electron chi connectivity index (χ2n) is 7.08. The molecule has 1 aromatic heterocycles. The highest BCUT2D eigenvalue weighted by Gasteiger charge is 2.33. The lowest BCUT2D eigenvalue weighted by Crippen LogP contribution is -2.28. The Bertz CT molecular complexity index is 1080. The van der Waals surface area contributed by atoms with Gasteiger partial charge in [0.25, 0.3) is 5.91 Å². The van der Waals surface area contributed by atoms with Crippen molar-refractivity contribution in [3.05, 3.63) is 95.2 Å². The summed E-state index contributed by atoms with van der Waals surface area (Å²) >= 11 is 1.40. The Hall–Kier alpha value is -3.38. The lowest BCUT2D eigenvalue weighted by molar-refractivity contribution is -0.122. The van der Waals surface area contributed by atoms with Gasteiger partial charge >= 0.3 is 0 Å². The molecule has 0 unspecified atom stereocenters. The van der Waals surface area contributed by atoms with Crippen LogP contribution in [0.15, 0.2) is 89.0 Å². The van der Waals surface area contributed by atoms with Gasteiger partial charge in [-0.1, -0.05) is 36.4 Å². The van der Waals surface area contributed by atoms with Gasteiger partial charge in [0.15, 0.2) is 5.17 Å². The van der Waals surface area contributed by atoms with E-state index in [9.17, 15) is 4.79 Å². The largest absolute Gasteiger partial charge is 0.378 e. The first-order valence-electron chi connectivity index (χ1n) is 9.61. The molecular formula is C24H22N4OS. The summed E-state index contributed by atoms with van der Waals surface area (Å²) in [6.45, 7) is 0.433. The zero-order chi connectivity index (χ0) is 20.9. The smallest absolute Gasteiger partial charge is 0.267 e. The summed E-state index contributed by atoms with van der Waals surface area (Å²) in [5.41, 5.74) is 3.88. The highest BCUT2D eigenvalue weighted by molar-refractivity contribution is 8.18. The Kier molecular flexibility index (Phi) is 5.95. The normalized spacial score (nSPS) is 16.5. The van der Waals surface area contributed by atoms with Gasteiger partial charge in [0.1, 0.15) is 0 Å². The molecule has 0 saturated carbocycles. The van der Waals surface area contributed by atoms with Crippen LogP contribution in [0.4, 0.5) is 11.4 Å². The molecule has 5 nitrogen and oxygen atoms in total. The van der Waals surface area contributed by atoms with Gasteiger partial charge in [0.05, 0.1) is 17.1 Å². The molecule has 0 spiro atoms. The molecule has 1 aliphatic rings. The molecular weight excluding hydrogens is 392 g/mol. The molecule has 0 atom stereocenters. The van der Waals surface area contributed by atoms with Crippen molar-refractivity contribution in [3.8, 4) is 0 Å². The average molecular weight is 415 g/mol. The summed E-state index contributed by atoms with van der Waals surface area (Å²) in [6, 6.07) is 21.7. The number of aromatic nitrogens is 1. The number of amidine groups is 1. The molecule has 2 heterocycles. The molecule has 3 aromatic rings. The van der Waals surface area contributed by atoms with E-state index in [1.165, 1.54) is 11.8 Å². The van der Waals surface area contributed by atoms with Crippen LogP contribution in [0.5, 0.6) is 0 Å². The number of aliphatic imine (C=N–C) groups is 1. The summed E-state index contributed by atoms with van der Waals surface area (Å²) in [6.07, 6.45) is 5.43. The van der Waals surface area contributed by atoms with Crippen LogP contribution in [0.2, 0.25) is 0 Å². The number of nitrogens with zero attached hydrogens (tertiary/aromatic N) is 4. The van der Waals surface area contributed by atoms with Crippen molar-refractivity contribution in [2.24, 2.45) is 4.99 Å². The van der Waals surface area contributed by atoms with Crippen molar-refractivity contribution in [2.75, 3.05) is 19.0 Å². The maximum atomic E-state index is 13.2. The minimum atomic E-state index is -0.0461. The molecule has 0 radical (unpaired) electrons. The van der Waals surface area contributed by atoms with Crippen LogP contribution >= 0.6 is 11.8 Å². The molecule has 2 aromatic carbocycles. The van der Waals surface area contributed by atoms with E-state index in [0.29, 0.717) is 16.6 Å². The first-order chi connectivity index (χ1) is 14.6. The Morgan fingerprint density at radius 2 is 1.80 bits per heavy atom. The number of benzene rings is 2. The van der Waals surface area contributed by atoms with Crippen LogP contribution in [0, 0.1) is 0 Å². The summed E-state index contributed by atoms with van der Waals surface area (Å²) in [5.74, 6) is -0.0461. The van der Waals surface area contributed by atoms with Crippen LogP contribution in [0.1, 0.15) is 11.1 Å². The Labute approximate surface area is 180 Å². The van der Waals surface area contributed by atoms with Crippen molar-refractivity contribution >= 4 is 40.3 Å². The third kappa shape index (κ3) is 4.60. The third-order valence-electron chi connectivity index (χ3n) is 4.64. The Balaban J connectivity index is 1.66. The topological polar surface area (TPSA) is 48.8 Å². The number of rotatable bonds is 5. The Morgan fingerprint density at radius 3 is 2.47 bits per heavy atom. The molecule has 0 aliphatic carbocycles. The minimum Gasteiger partial charge on any atom is -0.378 e. The lowest BCUT2D eigenvalue weighted by atomic mass is 10.2. The van der Waals surface area contributed by atoms with Gasteiger partial charge in [0, 0.05) is 32.2 Å². The van der Waals surface area contributed by atoms with E-state index in [-0.39, 0.29) is 5.91 Å². The monoisotopic (exact) mass is 414 g/mol. The van der Waals surface area contributed by atoms with Crippen molar-refractivity contribution < 1.29 is 4.79 Å². The van der Waals surface area contributed by atoms with Gasteiger partial charge < -0.3 is 4.90 Å². The molecule has 1 aliphatic heterocycles. The van der Waals surface area contributed by atoms with Crippen LogP contribution in [-0.2, 0) is 11.3 Å². The second kappa shape index (κ2) is 8.97. The number of carbonyl (C=O) groups excluding carboxylic acids is 1. The molecule has 0 bridgehead atoms. The van der Waals surface area contributed by atoms with Crippen LogP contribution in [0.25, 0.3) is 6.08 Å². The van der Waals surface area contributed by atoms with Crippen LogP contribution in [0.3, 0.4) is 0 Å². The molecule has 30 heavy (non-hydrogen) atoms.